The number of ketones is 2. The number of aromatic nitrogens is 1. The Morgan fingerprint density at radius 3 is 2.23 bits per heavy atom. The fraction of sp³-hybridized carbons (Fsp3) is 0.167. The van der Waals surface area contributed by atoms with Crippen LogP contribution in [0.15, 0.2) is 54.7 Å². The zero-order valence-corrected chi connectivity index (χ0v) is 14.9. The molecule has 22 heavy (non-hydrogen) atoms. The fourth-order valence-corrected chi connectivity index (χ4v) is 2.06. The first-order valence-corrected chi connectivity index (χ1v) is 6.89. The number of carbonyl (C=O) groups is 2. The van der Waals surface area contributed by atoms with Crippen molar-refractivity contribution >= 4 is 33.2 Å². The predicted molar refractivity (Wildman–Crippen MR) is 85.2 cm³/mol. The zero-order chi connectivity index (χ0) is 15.2. The molecule has 0 bridgehead atoms. The van der Waals surface area contributed by atoms with Crippen LogP contribution in [-0.4, -0.2) is 16.6 Å². The molecule has 2 aromatic carbocycles. The van der Waals surface area contributed by atoms with E-state index < -0.39 is 0 Å². The van der Waals surface area contributed by atoms with Crippen molar-refractivity contribution in [2.45, 2.75) is 20.3 Å². The molecular weight excluding hydrogens is 454 g/mol. The van der Waals surface area contributed by atoms with Gasteiger partial charge in [0.2, 0.25) is 0 Å². The standard InChI is InChI=1S/C13H9N.C5H8O2.Ir/c1-2-6-12-10(4-1)7-8-11-5-3-9-14-13(11)12;1-3-5(7)4(2)6;/h1-9H;3H2,1-2H3;/q;;+3. The number of rotatable bonds is 2. The van der Waals surface area contributed by atoms with E-state index in [1.165, 1.54) is 23.1 Å². The number of Topliss-reactive ketones (excluding diaryl/α,β-unsaturated/α-hetero) is 2. The zero-order valence-electron chi connectivity index (χ0n) is 12.5. The van der Waals surface area contributed by atoms with Gasteiger partial charge in [-0.1, -0.05) is 49.4 Å². The van der Waals surface area contributed by atoms with Gasteiger partial charge in [0, 0.05) is 30.3 Å². The van der Waals surface area contributed by atoms with Crippen molar-refractivity contribution < 1.29 is 29.7 Å². The molecule has 0 N–H and O–H groups in total. The van der Waals surface area contributed by atoms with Crippen LogP contribution in [0, 0.1) is 0 Å². The van der Waals surface area contributed by atoms with Crippen LogP contribution in [0.3, 0.4) is 0 Å². The summed E-state index contributed by atoms with van der Waals surface area (Å²) in [5.74, 6) is -0.637. The molecule has 112 valence electrons. The molecule has 0 unspecified atom stereocenters. The van der Waals surface area contributed by atoms with Crippen LogP contribution in [0.1, 0.15) is 20.3 Å². The van der Waals surface area contributed by atoms with Crippen molar-refractivity contribution in [3.05, 3.63) is 54.7 Å². The second kappa shape index (κ2) is 8.52. The normalized spacial score (nSPS) is 9.55. The van der Waals surface area contributed by atoms with Crippen LogP contribution in [-0.2, 0) is 29.7 Å². The summed E-state index contributed by atoms with van der Waals surface area (Å²) in [6, 6.07) is 16.7. The van der Waals surface area contributed by atoms with Gasteiger partial charge in [0.25, 0.3) is 0 Å². The summed E-state index contributed by atoms with van der Waals surface area (Å²) in [4.78, 5) is 24.6. The van der Waals surface area contributed by atoms with E-state index in [0.717, 1.165) is 5.52 Å². The first-order chi connectivity index (χ1) is 10.1. The van der Waals surface area contributed by atoms with E-state index in [1.807, 2.05) is 12.3 Å². The smallest absolute Gasteiger partial charge is 0.291 e. The molecule has 0 atom stereocenters. The number of benzene rings is 2. The second-order valence-electron chi connectivity index (χ2n) is 4.69. The summed E-state index contributed by atoms with van der Waals surface area (Å²) in [6.45, 7) is 2.95. The molecule has 0 spiro atoms. The summed E-state index contributed by atoms with van der Waals surface area (Å²) in [7, 11) is 0. The third-order valence-electron chi connectivity index (χ3n) is 3.21. The molecule has 1 heterocycles. The quantitative estimate of drug-likeness (QED) is 0.420. The van der Waals surface area contributed by atoms with E-state index in [1.54, 1.807) is 6.92 Å². The van der Waals surface area contributed by atoms with Crippen LogP contribution in [0.2, 0.25) is 0 Å². The number of hydrogen-bond acceptors (Lipinski definition) is 3. The maximum Gasteiger partial charge on any atom is 3.00 e. The van der Waals surface area contributed by atoms with Crippen LogP contribution < -0.4 is 0 Å². The molecule has 0 aliphatic rings. The monoisotopic (exact) mass is 472 g/mol. The molecule has 0 saturated heterocycles. The Morgan fingerprint density at radius 1 is 0.955 bits per heavy atom. The van der Waals surface area contributed by atoms with E-state index in [2.05, 4.69) is 47.4 Å². The molecule has 0 aliphatic heterocycles. The van der Waals surface area contributed by atoms with E-state index in [-0.39, 0.29) is 31.7 Å². The maximum absolute atomic E-state index is 10.2. The Bertz CT molecular complexity index is 744. The third kappa shape index (κ3) is 4.30. The maximum atomic E-state index is 10.2. The Kier molecular flexibility index (Phi) is 7.03. The van der Waals surface area contributed by atoms with Crippen molar-refractivity contribution in [2.75, 3.05) is 0 Å². The van der Waals surface area contributed by atoms with Gasteiger partial charge in [0.05, 0.1) is 5.52 Å². The fourth-order valence-electron chi connectivity index (χ4n) is 2.06. The molecular formula is C18H17IrNO2+3. The molecule has 0 amide bonds. The van der Waals surface area contributed by atoms with Gasteiger partial charge in [0.15, 0.2) is 11.6 Å². The molecule has 0 saturated carbocycles. The van der Waals surface area contributed by atoms with E-state index in [9.17, 15) is 9.59 Å². The molecule has 0 fully saturated rings. The van der Waals surface area contributed by atoms with Crippen LogP contribution >= 0.6 is 0 Å². The van der Waals surface area contributed by atoms with Crippen molar-refractivity contribution in [3.8, 4) is 0 Å². The number of fused-ring (bicyclic) bond motifs is 3. The molecule has 3 rings (SSSR count). The SMILES string of the molecule is CCC(=O)C(C)=O.[Ir+3].c1ccc2c(c1)ccc1cccnc12. The number of nitrogens with zero attached hydrogens (tertiary/aromatic N) is 1. The van der Waals surface area contributed by atoms with E-state index >= 15 is 0 Å². The third-order valence-corrected chi connectivity index (χ3v) is 3.21. The number of pyridine rings is 1. The Balaban J connectivity index is 0.000000264. The van der Waals surface area contributed by atoms with Gasteiger partial charge >= 0.3 is 20.1 Å². The summed E-state index contributed by atoms with van der Waals surface area (Å²) in [5.41, 5.74) is 1.09. The first-order valence-electron chi connectivity index (χ1n) is 6.89. The van der Waals surface area contributed by atoms with Crippen molar-refractivity contribution in [2.24, 2.45) is 0 Å². The van der Waals surface area contributed by atoms with Crippen molar-refractivity contribution in [3.63, 3.8) is 0 Å². The molecule has 4 heteroatoms. The summed E-state index contributed by atoms with van der Waals surface area (Å²) >= 11 is 0. The van der Waals surface area contributed by atoms with Gasteiger partial charge in [-0.2, -0.15) is 0 Å². The van der Waals surface area contributed by atoms with Gasteiger partial charge in [-0.3, -0.25) is 14.6 Å². The second-order valence-corrected chi connectivity index (χ2v) is 4.69. The van der Waals surface area contributed by atoms with Crippen LogP contribution in [0.25, 0.3) is 21.7 Å². The molecule has 1 aromatic heterocycles. The largest absolute Gasteiger partial charge is 3.00 e. The Hall–Kier alpha value is -1.90. The van der Waals surface area contributed by atoms with Gasteiger partial charge in [-0.05, 0) is 11.5 Å². The van der Waals surface area contributed by atoms with Crippen LogP contribution in [0.5, 0.6) is 0 Å². The Morgan fingerprint density at radius 2 is 1.59 bits per heavy atom. The average molecular weight is 472 g/mol. The van der Waals surface area contributed by atoms with Gasteiger partial charge in [-0.15, -0.1) is 0 Å². The average Bonchev–Trinajstić information content (AvgIpc) is 2.54. The molecule has 3 nitrogen and oxygen atoms in total. The number of carbonyl (C=O) groups excluding carboxylic acids is 2. The summed E-state index contributed by atoms with van der Waals surface area (Å²) in [5, 5.41) is 3.68. The first kappa shape index (κ1) is 18.1. The van der Waals surface area contributed by atoms with Gasteiger partial charge < -0.3 is 0 Å². The topological polar surface area (TPSA) is 47.0 Å². The van der Waals surface area contributed by atoms with Crippen molar-refractivity contribution in [1.82, 2.24) is 4.98 Å². The van der Waals surface area contributed by atoms with E-state index in [4.69, 9.17) is 0 Å². The molecule has 0 radical (unpaired) electrons. The van der Waals surface area contributed by atoms with E-state index in [0.29, 0.717) is 6.42 Å². The summed E-state index contributed by atoms with van der Waals surface area (Å²) < 4.78 is 0. The minimum atomic E-state index is -0.345. The predicted octanol–water partition coefficient (Wildman–Crippen LogP) is 3.94. The summed E-state index contributed by atoms with van der Waals surface area (Å²) in [6.07, 6.45) is 2.17. The molecule has 3 aromatic rings. The Labute approximate surface area is 143 Å². The van der Waals surface area contributed by atoms with Gasteiger partial charge in [0.1, 0.15) is 0 Å². The van der Waals surface area contributed by atoms with Crippen molar-refractivity contribution in [1.29, 1.82) is 0 Å². The number of hydrogen-bond donors (Lipinski definition) is 0. The minimum absolute atomic E-state index is 0. The van der Waals surface area contributed by atoms with Gasteiger partial charge in [-0.25, -0.2) is 0 Å². The molecule has 0 aliphatic carbocycles. The minimum Gasteiger partial charge on any atom is -0.291 e. The van der Waals surface area contributed by atoms with Crippen LogP contribution in [0.4, 0.5) is 0 Å².